The Balaban J connectivity index is 2.06. The van der Waals surface area contributed by atoms with Crippen LogP contribution in [0.5, 0.6) is 11.5 Å². The third kappa shape index (κ3) is 6.71. The zero-order valence-electron chi connectivity index (χ0n) is 17.7. The van der Waals surface area contributed by atoms with Crippen molar-refractivity contribution in [1.29, 1.82) is 0 Å². The van der Waals surface area contributed by atoms with Crippen LogP contribution in [-0.4, -0.2) is 32.6 Å². The summed E-state index contributed by atoms with van der Waals surface area (Å²) in [5, 5.41) is 9.38. The van der Waals surface area contributed by atoms with E-state index in [0.717, 1.165) is 23.5 Å². The molecule has 7 heteroatoms. The van der Waals surface area contributed by atoms with E-state index in [1.807, 2.05) is 63.2 Å². The van der Waals surface area contributed by atoms with Crippen molar-refractivity contribution in [3.8, 4) is 11.5 Å². The van der Waals surface area contributed by atoms with E-state index in [2.05, 4.69) is 20.9 Å². The Hall–Kier alpha value is -3.22. The molecule has 0 aliphatic heterocycles. The van der Waals surface area contributed by atoms with Gasteiger partial charge in [-0.3, -0.25) is 4.79 Å². The van der Waals surface area contributed by atoms with Gasteiger partial charge in [-0.2, -0.15) is 0 Å². The first-order chi connectivity index (χ1) is 14.0. The van der Waals surface area contributed by atoms with Crippen molar-refractivity contribution < 1.29 is 14.3 Å². The van der Waals surface area contributed by atoms with Gasteiger partial charge in [-0.05, 0) is 36.8 Å². The van der Waals surface area contributed by atoms with Crippen LogP contribution < -0.4 is 25.4 Å². The molecule has 0 unspecified atom stereocenters. The number of ether oxygens (including phenoxy) is 2. The van der Waals surface area contributed by atoms with Crippen molar-refractivity contribution in [3.05, 3.63) is 48.0 Å². The molecule has 2 aromatic carbocycles. The first-order valence-corrected chi connectivity index (χ1v) is 9.64. The summed E-state index contributed by atoms with van der Waals surface area (Å²) in [7, 11) is 3.21. The van der Waals surface area contributed by atoms with E-state index < -0.39 is 0 Å². The van der Waals surface area contributed by atoms with E-state index in [0.29, 0.717) is 24.0 Å². The number of carbonyl (C=O) groups excluding carboxylic acids is 1. The molecule has 7 nitrogen and oxygen atoms in total. The maximum absolute atomic E-state index is 11.8. The molecule has 0 spiro atoms. The van der Waals surface area contributed by atoms with Gasteiger partial charge in [-0.1, -0.05) is 26.0 Å². The number of guanidine groups is 1. The molecule has 0 bridgehead atoms. The van der Waals surface area contributed by atoms with E-state index in [4.69, 9.17) is 9.47 Å². The van der Waals surface area contributed by atoms with Gasteiger partial charge in [0, 0.05) is 29.9 Å². The lowest BCUT2D eigenvalue weighted by atomic mass is 10.2. The average Bonchev–Trinajstić information content (AvgIpc) is 2.73. The normalized spacial score (nSPS) is 11.2. The lowest BCUT2D eigenvalue weighted by Crippen LogP contribution is -2.30. The molecule has 2 rings (SSSR count). The Morgan fingerprint density at radius 3 is 2.21 bits per heavy atom. The van der Waals surface area contributed by atoms with Gasteiger partial charge in [0.05, 0.1) is 20.8 Å². The van der Waals surface area contributed by atoms with Gasteiger partial charge in [0.1, 0.15) is 0 Å². The Labute approximate surface area is 172 Å². The summed E-state index contributed by atoms with van der Waals surface area (Å²) in [4.78, 5) is 16.4. The number of nitrogens with zero attached hydrogens (tertiary/aromatic N) is 1. The molecule has 0 saturated carbocycles. The Morgan fingerprint density at radius 1 is 0.966 bits per heavy atom. The quantitative estimate of drug-likeness (QED) is 0.464. The highest BCUT2D eigenvalue weighted by molar-refractivity contribution is 5.94. The van der Waals surface area contributed by atoms with Crippen molar-refractivity contribution >= 4 is 23.2 Å². The molecular formula is C22H30N4O3. The minimum Gasteiger partial charge on any atom is -0.493 e. The minimum atomic E-state index is -0.0513. The molecule has 0 atom stereocenters. The minimum absolute atomic E-state index is 0.00400. The standard InChI is InChI=1S/C22H30N4O3/c1-6-23-22(26-18-11-12-19(28-4)20(13-18)29-5)24-14-16-7-9-17(10-8-16)25-21(27)15(2)3/h7-13,15H,6,14H2,1-5H3,(H,25,27)(H2,23,24,26). The van der Waals surface area contributed by atoms with Gasteiger partial charge in [0.2, 0.25) is 5.91 Å². The van der Waals surface area contributed by atoms with Gasteiger partial charge >= 0.3 is 0 Å². The second-order valence-corrected chi connectivity index (χ2v) is 6.73. The summed E-state index contributed by atoms with van der Waals surface area (Å²) in [6.45, 7) is 6.98. The number of nitrogens with one attached hydrogen (secondary N) is 3. The third-order valence-corrected chi connectivity index (χ3v) is 4.16. The molecule has 156 valence electrons. The molecule has 0 aliphatic rings. The zero-order chi connectivity index (χ0) is 21.2. The monoisotopic (exact) mass is 398 g/mol. The van der Waals surface area contributed by atoms with Crippen LogP contribution in [0.1, 0.15) is 26.3 Å². The number of methoxy groups -OCH3 is 2. The fraction of sp³-hybridized carbons (Fsp3) is 0.364. The maximum atomic E-state index is 11.8. The summed E-state index contributed by atoms with van der Waals surface area (Å²) >= 11 is 0. The first-order valence-electron chi connectivity index (χ1n) is 9.64. The first kappa shape index (κ1) is 22.1. The van der Waals surface area contributed by atoms with Crippen LogP contribution in [-0.2, 0) is 11.3 Å². The fourth-order valence-electron chi connectivity index (χ4n) is 2.51. The molecule has 0 aromatic heterocycles. The predicted molar refractivity (Wildman–Crippen MR) is 118 cm³/mol. The molecular weight excluding hydrogens is 368 g/mol. The maximum Gasteiger partial charge on any atom is 0.226 e. The number of anilines is 2. The number of rotatable bonds is 8. The number of hydrogen-bond acceptors (Lipinski definition) is 4. The largest absolute Gasteiger partial charge is 0.493 e. The molecule has 0 heterocycles. The van der Waals surface area contributed by atoms with Crippen molar-refractivity contribution in [2.24, 2.45) is 10.9 Å². The van der Waals surface area contributed by atoms with E-state index in [9.17, 15) is 4.79 Å². The summed E-state index contributed by atoms with van der Waals surface area (Å²) < 4.78 is 10.6. The molecule has 0 radical (unpaired) electrons. The number of benzene rings is 2. The number of hydrogen-bond donors (Lipinski definition) is 3. The third-order valence-electron chi connectivity index (χ3n) is 4.16. The van der Waals surface area contributed by atoms with Crippen molar-refractivity contribution in [3.63, 3.8) is 0 Å². The highest BCUT2D eigenvalue weighted by atomic mass is 16.5. The highest BCUT2D eigenvalue weighted by Crippen LogP contribution is 2.29. The van der Waals surface area contributed by atoms with Crippen molar-refractivity contribution in [1.82, 2.24) is 5.32 Å². The zero-order valence-corrected chi connectivity index (χ0v) is 17.7. The SMILES string of the molecule is CCNC(=NCc1ccc(NC(=O)C(C)C)cc1)Nc1ccc(OC)c(OC)c1. The molecule has 0 saturated heterocycles. The predicted octanol–water partition coefficient (Wildman–Crippen LogP) is 3.88. The number of carbonyl (C=O) groups is 1. The molecule has 3 N–H and O–H groups in total. The lowest BCUT2D eigenvalue weighted by Gasteiger charge is -2.14. The van der Waals surface area contributed by atoms with Gasteiger partial charge in [0.25, 0.3) is 0 Å². The number of aliphatic imine (C=N–C) groups is 1. The second-order valence-electron chi connectivity index (χ2n) is 6.73. The van der Waals surface area contributed by atoms with Crippen LogP contribution in [0.15, 0.2) is 47.5 Å². The molecule has 2 aromatic rings. The van der Waals surface area contributed by atoms with Gasteiger partial charge in [0.15, 0.2) is 17.5 Å². The lowest BCUT2D eigenvalue weighted by molar-refractivity contribution is -0.118. The number of amides is 1. The van der Waals surface area contributed by atoms with Crippen LogP contribution >= 0.6 is 0 Å². The van der Waals surface area contributed by atoms with Crippen LogP contribution in [0.25, 0.3) is 0 Å². The summed E-state index contributed by atoms with van der Waals surface area (Å²) in [5.41, 5.74) is 2.66. The Kier molecular flexibility index (Phi) is 8.33. The second kappa shape index (κ2) is 10.9. The Bertz CT molecular complexity index is 832. The van der Waals surface area contributed by atoms with Crippen LogP contribution in [0.3, 0.4) is 0 Å². The van der Waals surface area contributed by atoms with Crippen LogP contribution in [0.4, 0.5) is 11.4 Å². The average molecular weight is 399 g/mol. The van der Waals surface area contributed by atoms with E-state index in [1.54, 1.807) is 14.2 Å². The van der Waals surface area contributed by atoms with Gasteiger partial charge in [-0.15, -0.1) is 0 Å². The van der Waals surface area contributed by atoms with Gasteiger partial charge in [-0.25, -0.2) is 4.99 Å². The van der Waals surface area contributed by atoms with E-state index >= 15 is 0 Å². The smallest absolute Gasteiger partial charge is 0.226 e. The summed E-state index contributed by atoms with van der Waals surface area (Å²) in [6, 6.07) is 13.3. The fourth-order valence-corrected chi connectivity index (χ4v) is 2.51. The molecule has 29 heavy (non-hydrogen) atoms. The van der Waals surface area contributed by atoms with Gasteiger partial charge < -0.3 is 25.4 Å². The van der Waals surface area contributed by atoms with E-state index in [-0.39, 0.29) is 11.8 Å². The van der Waals surface area contributed by atoms with E-state index in [1.165, 1.54) is 0 Å². The molecule has 0 aliphatic carbocycles. The Morgan fingerprint density at radius 2 is 1.62 bits per heavy atom. The van der Waals surface area contributed by atoms with Crippen LogP contribution in [0.2, 0.25) is 0 Å². The van der Waals surface area contributed by atoms with Crippen molar-refractivity contribution in [2.45, 2.75) is 27.3 Å². The molecule has 1 amide bonds. The van der Waals surface area contributed by atoms with Crippen LogP contribution in [0, 0.1) is 5.92 Å². The highest BCUT2D eigenvalue weighted by Gasteiger charge is 2.08. The van der Waals surface area contributed by atoms with Crippen molar-refractivity contribution in [2.75, 3.05) is 31.4 Å². The topological polar surface area (TPSA) is 84.0 Å². The summed E-state index contributed by atoms with van der Waals surface area (Å²) in [5.74, 6) is 1.93. The summed E-state index contributed by atoms with van der Waals surface area (Å²) in [6.07, 6.45) is 0. The molecule has 0 fully saturated rings.